The molecule has 16 heavy (non-hydrogen) atoms. The van der Waals surface area contributed by atoms with Gasteiger partial charge in [0.15, 0.2) is 0 Å². The van der Waals surface area contributed by atoms with Crippen molar-refractivity contribution in [1.29, 1.82) is 0 Å². The number of carbonyl (C=O) groups excluding carboxylic acids is 1. The Balaban J connectivity index is 2.49. The molecule has 1 aliphatic heterocycles. The summed E-state index contributed by atoms with van der Waals surface area (Å²) in [5.41, 5.74) is -0.392. The minimum atomic E-state index is -0.392. The zero-order valence-electron chi connectivity index (χ0n) is 10.9. The fourth-order valence-corrected chi connectivity index (χ4v) is 2.99. The Bertz CT molecular complexity index is 244. The first-order valence-electron chi connectivity index (χ1n) is 5.84. The average molecular weight is 245 g/mol. The molecule has 1 rings (SSSR count). The summed E-state index contributed by atoms with van der Waals surface area (Å²) in [6.45, 7) is 7.65. The van der Waals surface area contributed by atoms with Gasteiger partial charge in [0.1, 0.15) is 11.6 Å². The summed E-state index contributed by atoms with van der Waals surface area (Å²) in [5, 5.41) is 0. The van der Waals surface area contributed by atoms with Gasteiger partial charge in [0, 0.05) is 11.8 Å². The third-order valence-corrected chi connectivity index (χ3v) is 3.99. The Morgan fingerprint density at radius 3 is 2.56 bits per heavy atom. The Hall–Kier alpha value is -0.220. The molecular formula is C12H23NO2S. The molecule has 0 spiro atoms. The van der Waals surface area contributed by atoms with Gasteiger partial charge in [-0.15, -0.1) is 0 Å². The van der Waals surface area contributed by atoms with E-state index in [0.29, 0.717) is 6.04 Å². The molecule has 1 fully saturated rings. The van der Waals surface area contributed by atoms with Crippen LogP contribution in [0.25, 0.3) is 0 Å². The van der Waals surface area contributed by atoms with E-state index < -0.39 is 5.60 Å². The molecule has 1 aliphatic rings. The van der Waals surface area contributed by atoms with Crippen LogP contribution in [0.5, 0.6) is 0 Å². The molecule has 0 radical (unpaired) electrons. The summed E-state index contributed by atoms with van der Waals surface area (Å²) in [6.07, 6.45) is 1.17. The molecule has 0 aromatic rings. The number of esters is 1. The highest BCUT2D eigenvalue weighted by atomic mass is 32.2. The first-order valence-corrected chi connectivity index (χ1v) is 6.99. The highest BCUT2D eigenvalue weighted by molar-refractivity contribution is 7.99. The summed E-state index contributed by atoms with van der Waals surface area (Å²) >= 11 is 1.96. The van der Waals surface area contributed by atoms with Crippen LogP contribution in [0.2, 0.25) is 0 Å². The number of nitrogens with zero attached hydrogens (tertiary/aromatic N) is 1. The van der Waals surface area contributed by atoms with Crippen molar-refractivity contribution in [3.05, 3.63) is 0 Å². The van der Waals surface area contributed by atoms with Crippen molar-refractivity contribution >= 4 is 17.7 Å². The van der Waals surface area contributed by atoms with E-state index in [0.717, 1.165) is 5.75 Å². The van der Waals surface area contributed by atoms with Gasteiger partial charge in [-0.3, -0.25) is 9.69 Å². The maximum atomic E-state index is 11.9. The van der Waals surface area contributed by atoms with Gasteiger partial charge in [-0.05, 0) is 46.9 Å². The summed E-state index contributed by atoms with van der Waals surface area (Å²) in [6, 6.07) is 0.371. The van der Waals surface area contributed by atoms with E-state index in [2.05, 4.69) is 4.90 Å². The third-order valence-electron chi connectivity index (χ3n) is 2.84. The van der Waals surface area contributed by atoms with Gasteiger partial charge in [0.2, 0.25) is 0 Å². The van der Waals surface area contributed by atoms with Crippen molar-refractivity contribution in [2.24, 2.45) is 0 Å². The summed E-state index contributed by atoms with van der Waals surface area (Å²) in [4.78, 5) is 14.0. The Kier molecular flexibility index (Phi) is 4.68. The Labute approximate surface area is 103 Å². The molecule has 3 nitrogen and oxygen atoms in total. The highest BCUT2D eigenvalue weighted by Crippen LogP contribution is 2.23. The molecule has 1 heterocycles. The zero-order chi connectivity index (χ0) is 12.3. The molecular weight excluding hydrogens is 222 g/mol. The van der Waals surface area contributed by atoms with Crippen molar-refractivity contribution in [1.82, 2.24) is 4.90 Å². The molecule has 1 saturated heterocycles. The lowest BCUT2D eigenvalue weighted by atomic mass is 10.1. The number of rotatable bonds is 3. The number of hydrogen-bond donors (Lipinski definition) is 0. The fourth-order valence-electron chi connectivity index (χ4n) is 1.71. The molecule has 4 heteroatoms. The van der Waals surface area contributed by atoms with E-state index in [1.807, 2.05) is 46.5 Å². The monoisotopic (exact) mass is 245 g/mol. The van der Waals surface area contributed by atoms with Crippen LogP contribution in [-0.4, -0.2) is 47.1 Å². The minimum absolute atomic E-state index is 0.119. The first kappa shape index (κ1) is 13.8. The SMILES string of the molecule is CC(C(=O)OC(C)(C)C)N(C)C1CCSC1. The maximum Gasteiger partial charge on any atom is 0.323 e. The molecule has 2 atom stereocenters. The molecule has 0 N–H and O–H groups in total. The van der Waals surface area contributed by atoms with Crippen LogP contribution >= 0.6 is 11.8 Å². The topological polar surface area (TPSA) is 29.5 Å². The van der Waals surface area contributed by atoms with Gasteiger partial charge in [-0.25, -0.2) is 0 Å². The predicted molar refractivity (Wildman–Crippen MR) is 68.8 cm³/mol. The highest BCUT2D eigenvalue weighted by Gasteiger charge is 2.30. The minimum Gasteiger partial charge on any atom is -0.459 e. The second kappa shape index (κ2) is 5.41. The van der Waals surface area contributed by atoms with Gasteiger partial charge in [0.05, 0.1) is 0 Å². The number of hydrogen-bond acceptors (Lipinski definition) is 4. The lowest BCUT2D eigenvalue weighted by Crippen LogP contribution is -2.45. The van der Waals surface area contributed by atoms with Gasteiger partial charge in [-0.1, -0.05) is 0 Å². The number of thioether (sulfide) groups is 1. The van der Waals surface area contributed by atoms with Crippen molar-refractivity contribution < 1.29 is 9.53 Å². The smallest absolute Gasteiger partial charge is 0.323 e. The number of ether oxygens (including phenoxy) is 1. The molecule has 0 aliphatic carbocycles. The lowest BCUT2D eigenvalue weighted by molar-refractivity contribution is -0.160. The first-order chi connectivity index (χ1) is 7.31. The van der Waals surface area contributed by atoms with Gasteiger partial charge < -0.3 is 4.74 Å². The molecule has 0 saturated carbocycles. The number of likely N-dealkylation sites (N-methyl/N-ethyl adjacent to an activating group) is 1. The van der Waals surface area contributed by atoms with E-state index in [9.17, 15) is 4.79 Å². The van der Waals surface area contributed by atoms with Crippen molar-refractivity contribution in [3.63, 3.8) is 0 Å². The fraction of sp³-hybridized carbons (Fsp3) is 0.917. The second-order valence-corrected chi connectivity index (χ2v) is 6.54. The standard InChI is InChI=1S/C12H23NO2S/c1-9(11(14)15-12(2,3)4)13(5)10-6-7-16-8-10/h9-10H,6-8H2,1-5H3. The predicted octanol–water partition coefficient (Wildman–Crippen LogP) is 2.15. The second-order valence-electron chi connectivity index (χ2n) is 5.39. The van der Waals surface area contributed by atoms with Gasteiger partial charge in [-0.2, -0.15) is 11.8 Å². The molecule has 0 amide bonds. The van der Waals surface area contributed by atoms with E-state index in [1.54, 1.807) is 0 Å². The number of carbonyl (C=O) groups is 1. The lowest BCUT2D eigenvalue weighted by Gasteiger charge is -2.31. The van der Waals surface area contributed by atoms with E-state index in [4.69, 9.17) is 4.74 Å². The molecule has 94 valence electrons. The van der Waals surface area contributed by atoms with Crippen molar-refractivity contribution in [2.45, 2.75) is 51.8 Å². The molecule has 0 aromatic carbocycles. The van der Waals surface area contributed by atoms with Crippen LogP contribution in [0.1, 0.15) is 34.1 Å². The van der Waals surface area contributed by atoms with E-state index in [1.165, 1.54) is 12.2 Å². The van der Waals surface area contributed by atoms with Crippen LogP contribution in [0.4, 0.5) is 0 Å². The average Bonchev–Trinajstić information content (AvgIpc) is 2.65. The van der Waals surface area contributed by atoms with Crippen molar-refractivity contribution in [3.8, 4) is 0 Å². The van der Waals surface area contributed by atoms with Crippen molar-refractivity contribution in [2.75, 3.05) is 18.6 Å². The quantitative estimate of drug-likeness (QED) is 0.713. The largest absolute Gasteiger partial charge is 0.459 e. The summed E-state index contributed by atoms with van der Waals surface area (Å²) < 4.78 is 5.39. The van der Waals surface area contributed by atoms with Crippen LogP contribution in [0.3, 0.4) is 0 Å². The normalized spacial score (nSPS) is 23.5. The molecule has 2 unspecified atom stereocenters. The van der Waals surface area contributed by atoms with Gasteiger partial charge in [0.25, 0.3) is 0 Å². The third kappa shape index (κ3) is 3.98. The summed E-state index contributed by atoms with van der Waals surface area (Å²) in [7, 11) is 2.02. The Morgan fingerprint density at radius 2 is 2.12 bits per heavy atom. The molecule has 0 aromatic heterocycles. The summed E-state index contributed by atoms with van der Waals surface area (Å²) in [5.74, 6) is 2.21. The molecule has 0 bridgehead atoms. The zero-order valence-corrected chi connectivity index (χ0v) is 11.8. The maximum absolute atomic E-state index is 11.9. The van der Waals surface area contributed by atoms with Crippen LogP contribution in [-0.2, 0) is 9.53 Å². The van der Waals surface area contributed by atoms with Crippen LogP contribution in [0.15, 0.2) is 0 Å². The van der Waals surface area contributed by atoms with Gasteiger partial charge >= 0.3 is 5.97 Å². The van der Waals surface area contributed by atoms with E-state index in [-0.39, 0.29) is 12.0 Å². The van der Waals surface area contributed by atoms with E-state index >= 15 is 0 Å². The Morgan fingerprint density at radius 1 is 1.50 bits per heavy atom. The van der Waals surface area contributed by atoms with Crippen LogP contribution < -0.4 is 0 Å². The van der Waals surface area contributed by atoms with Crippen LogP contribution in [0, 0.1) is 0 Å².